The molecular formula is C17H22Cl2N2. The minimum atomic E-state index is -0.126. The molecule has 0 bridgehead atoms. The van der Waals surface area contributed by atoms with Gasteiger partial charge in [-0.25, -0.2) is 4.98 Å². The normalized spacial score (nSPS) is 21.7. The van der Waals surface area contributed by atoms with Gasteiger partial charge in [0, 0.05) is 6.54 Å². The number of para-hydroxylation sites is 1. The van der Waals surface area contributed by atoms with Gasteiger partial charge in [0.1, 0.15) is 11.3 Å². The maximum atomic E-state index is 6.35. The summed E-state index contributed by atoms with van der Waals surface area (Å²) in [5.74, 6) is 1.54. The van der Waals surface area contributed by atoms with E-state index in [1.54, 1.807) is 0 Å². The molecule has 114 valence electrons. The number of fused-ring (bicyclic) bond motifs is 1. The van der Waals surface area contributed by atoms with Crippen LogP contribution in [-0.2, 0) is 6.54 Å². The van der Waals surface area contributed by atoms with Crippen LogP contribution < -0.4 is 0 Å². The first-order valence-corrected chi connectivity index (χ1v) is 8.28. The molecule has 1 aliphatic carbocycles. The Balaban J connectivity index is 2.10. The summed E-state index contributed by atoms with van der Waals surface area (Å²) in [6, 6.07) is 5.95. The Labute approximate surface area is 136 Å². The molecule has 1 atom stereocenters. The molecule has 0 spiro atoms. The van der Waals surface area contributed by atoms with Crippen molar-refractivity contribution in [2.45, 2.75) is 46.5 Å². The second-order valence-electron chi connectivity index (χ2n) is 7.30. The van der Waals surface area contributed by atoms with Crippen LogP contribution in [0, 0.1) is 16.7 Å². The lowest BCUT2D eigenvalue weighted by Crippen LogP contribution is -2.09. The molecule has 0 N–H and O–H groups in total. The van der Waals surface area contributed by atoms with E-state index < -0.39 is 0 Å². The predicted molar refractivity (Wildman–Crippen MR) is 90.1 cm³/mol. The fourth-order valence-electron chi connectivity index (χ4n) is 3.60. The van der Waals surface area contributed by atoms with E-state index in [4.69, 9.17) is 23.2 Å². The fraction of sp³-hybridized carbons (Fsp3) is 0.588. The summed E-state index contributed by atoms with van der Waals surface area (Å²) >= 11 is 12.6. The summed E-state index contributed by atoms with van der Waals surface area (Å²) in [5, 5.41) is 0.567. The molecule has 21 heavy (non-hydrogen) atoms. The number of hydrogen-bond donors (Lipinski definition) is 0. The Bertz CT molecular complexity index is 684. The molecule has 0 radical (unpaired) electrons. The van der Waals surface area contributed by atoms with Crippen molar-refractivity contribution in [2.24, 2.45) is 16.7 Å². The highest BCUT2D eigenvalue weighted by Gasteiger charge is 2.64. The zero-order valence-corrected chi connectivity index (χ0v) is 14.8. The van der Waals surface area contributed by atoms with Crippen molar-refractivity contribution in [3.63, 3.8) is 0 Å². The maximum absolute atomic E-state index is 6.35. The summed E-state index contributed by atoms with van der Waals surface area (Å²) < 4.78 is 2.26. The molecule has 1 aromatic carbocycles. The number of aromatic nitrogens is 2. The van der Waals surface area contributed by atoms with Gasteiger partial charge in [0.15, 0.2) is 0 Å². The molecule has 1 aliphatic rings. The van der Waals surface area contributed by atoms with E-state index in [2.05, 4.69) is 43.3 Å². The summed E-state index contributed by atoms with van der Waals surface area (Å²) in [5.41, 5.74) is 2.63. The highest BCUT2D eigenvalue weighted by molar-refractivity contribution is 6.35. The van der Waals surface area contributed by atoms with Crippen LogP contribution in [0.3, 0.4) is 0 Å². The van der Waals surface area contributed by atoms with Crippen LogP contribution in [0.2, 0.25) is 5.02 Å². The van der Waals surface area contributed by atoms with Crippen LogP contribution in [-0.4, -0.2) is 9.55 Å². The van der Waals surface area contributed by atoms with Crippen LogP contribution in [0.25, 0.3) is 11.0 Å². The molecule has 1 heterocycles. The van der Waals surface area contributed by atoms with Gasteiger partial charge >= 0.3 is 0 Å². The smallest absolute Gasteiger partial charge is 0.127 e. The van der Waals surface area contributed by atoms with Gasteiger partial charge in [-0.1, -0.05) is 45.4 Å². The van der Waals surface area contributed by atoms with Gasteiger partial charge in [-0.2, -0.15) is 0 Å². The Morgan fingerprint density at radius 2 is 1.86 bits per heavy atom. The van der Waals surface area contributed by atoms with Crippen molar-refractivity contribution in [3.05, 3.63) is 29.0 Å². The van der Waals surface area contributed by atoms with Crippen molar-refractivity contribution in [1.82, 2.24) is 9.55 Å². The number of imidazole rings is 1. The molecule has 0 saturated heterocycles. The molecule has 0 aliphatic heterocycles. The van der Waals surface area contributed by atoms with Gasteiger partial charge in [-0.3, -0.25) is 0 Å². The summed E-state index contributed by atoms with van der Waals surface area (Å²) in [7, 11) is 0. The molecule has 0 amide bonds. The number of rotatable bonds is 3. The minimum absolute atomic E-state index is 0.126. The Kier molecular flexibility index (Phi) is 3.35. The predicted octanol–water partition coefficient (Wildman–Crippen LogP) is 5.67. The largest absolute Gasteiger partial charge is 0.326 e. The van der Waals surface area contributed by atoms with Crippen LogP contribution in [0.4, 0.5) is 0 Å². The van der Waals surface area contributed by atoms with Crippen molar-refractivity contribution >= 4 is 34.2 Å². The lowest BCUT2D eigenvalue weighted by atomic mass is 10.0. The third-order valence-electron chi connectivity index (χ3n) is 5.80. The van der Waals surface area contributed by atoms with Crippen molar-refractivity contribution in [3.8, 4) is 0 Å². The summed E-state index contributed by atoms with van der Waals surface area (Å²) in [6.07, 6.45) is 0. The van der Waals surface area contributed by atoms with E-state index >= 15 is 0 Å². The molecule has 1 aromatic heterocycles. The second kappa shape index (κ2) is 4.63. The Morgan fingerprint density at radius 3 is 2.38 bits per heavy atom. The van der Waals surface area contributed by atoms with Crippen LogP contribution in [0.1, 0.15) is 45.8 Å². The highest BCUT2D eigenvalue weighted by atomic mass is 35.5. The molecule has 2 aromatic rings. The van der Waals surface area contributed by atoms with E-state index in [0.29, 0.717) is 21.8 Å². The van der Waals surface area contributed by atoms with Gasteiger partial charge in [0.2, 0.25) is 0 Å². The van der Waals surface area contributed by atoms with E-state index in [-0.39, 0.29) is 5.38 Å². The lowest BCUT2D eigenvalue weighted by Gasteiger charge is -2.12. The topological polar surface area (TPSA) is 17.8 Å². The number of nitrogens with zero attached hydrogens (tertiary/aromatic N) is 2. The monoisotopic (exact) mass is 324 g/mol. The van der Waals surface area contributed by atoms with Crippen LogP contribution in [0.15, 0.2) is 18.2 Å². The van der Waals surface area contributed by atoms with Crippen molar-refractivity contribution in [2.75, 3.05) is 0 Å². The van der Waals surface area contributed by atoms with E-state index in [1.165, 1.54) is 0 Å². The SMILES string of the molecule is CC(Cl)c1nc2c(Cl)cccc2n1CC1C(C)(C)C1(C)C. The molecule has 1 saturated carbocycles. The number of halogens is 2. The van der Waals surface area contributed by atoms with Gasteiger partial charge in [0.05, 0.1) is 15.9 Å². The van der Waals surface area contributed by atoms with E-state index in [9.17, 15) is 0 Å². The second-order valence-corrected chi connectivity index (χ2v) is 8.36. The molecule has 1 fully saturated rings. The first-order chi connectivity index (χ1) is 9.68. The molecule has 1 unspecified atom stereocenters. The number of hydrogen-bond acceptors (Lipinski definition) is 1. The zero-order valence-electron chi connectivity index (χ0n) is 13.2. The van der Waals surface area contributed by atoms with Gasteiger partial charge in [-0.15, -0.1) is 11.6 Å². The van der Waals surface area contributed by atoms with E-state index in [1.807, 2.05) is 19.1 Å². The first-order valence-electron chi connectivity index (χ1n) is 7.46. The van der Waals surface area contributed by atoms with Crippen LogP contribution in [0.5, 0.6) is 0 Å². The maximum Gasteiger partial charge on any atom is 0.127 e. The minimum Gasteiger partial charge on any atom is -0.326 e. The van der Waals surface area contributed by atoms with Gasteiger partial charge in [-0.05, 0) is 35.8 Å². The highest BCUT2D eigenvalue weighted by Crippen LogP contribution is 2.69. The third kappa shape index (κ3) is 2.10. The van der Waals surface area contributed by atoms with Crippen LogP contribution >= 0.6 is 23.2 Å². The van der Waals surface area contributed by atoms with Crippen molar-refractivity contribution < 1.29 is 0 Å². The zero-order chi connectivity index (χ0) is 15.6. The standard InChI is InChI=1S/C17H22Cl2N2/c1-10(18)15-20-14-11(19)7-6-8-12(14)21(15)9-13-16(2,3)17(13,4)5/h6-8,10,13H,9H2,1-5H3. The Hall–Kier alpha value is -0.730. The molecule has 2 nitrogen and oxygen atoms in total. The number of benzene rings is 1. The number of alkyl halides is 1. The van der Waals surface area contributed by atoms with Gasteiger partial charge < -0.3 is 4.57 Å². The lowest BCUT2D eigenvalue weighted by molar-refractivity contribution is 0.457. The third-order valence-corrected chi connectivity index (χ3v) is 6.30. The average molecular weight is 325 g/mol. The molecule has 4 heteroatoms. The average Bonchev–Trinajstić information content (AvgIpc) is 2.72. The van der Waals surface area contributed by atoms with Gasteiger partial charge in [0.25, 0.3) is 0 Å². The van der Waals surface area contributed by atoms with Crippen molar-refractivity contribution in [1.29, 1.82) is 0 Å². The first kappa shape index (κ1) is 15.2. The quantitative estimate of drug-likeness (QED) is 0.665. The summed E-state index contributed by atoms with van der Waals surface area (Å²) in [6.45, 7) is 12.3. The fourth-order valence-corrected chi connectivity index (χ4v) is 3.98. The molecular weight excluding hydrogens is 303 g/mol. The van der Waals surface area contributed by atoms with E-state index in [0.717, 1.165) is 23.4 Å². The molecule has 3 rings (SSSR count). The summed E-state index contributed by atoms with van der Waals surface area (Å²) in [4.78, 5) is 4.69. The Morgan fingerprint density at radius 1 is 1.24 bits per heavy atom.